The minimum atomic E-state index is -4.00. The van der Waals surface area contributed by atoms with E-state index in [1.807, 2.05) is 0 Å². The molecule has 109 valence electrons. The molecule has 1 fully saturated rings. The van der Waals surface area contributed by atoms with Gasteiger partial charge in [-0.3, -0.25) is 0 Å². The maximum atomic E-state index is 12.6. The predicted molar refractivity (Wildman–Crippen MR) is 71.0 cm³/mol. The van der Waals surface area contributed by atoms with E-state index >= 15 is 0 Å². The number of sulfone groups is 1. The Morgan fingerprint density at radius 2 is 2.20 bits per heavy atom. The van der Waals surface area contributed by atoms with E-state index in [4.69, 9.17) is 5.73 Å². The molecule has 0 saturated carbocycles. The van der Waals surface area contributed by atoms with Gasteiger partial charge >= 0.3 is 6.03 Å². The van der Waals surface area contributed by atoms with E-state index in [0.29, 0.717) is 12.8 Å². The summed E-state index contributed by atoms with van der Waals surface area (Å²) in [6, 6.07) is 3.57. The average molecular weight is 298 g/mol. The van der Waals surface area contributed by atoms with Crippen molar-refractivity contribution >= 4 is 15.9 Å². The first-order chi connectivity index (χ1) is 9.44. The van der Waals surface area contributed by atoms with Crippen molar-refractivity contribution in [1.29, 1.82) is 0 Å². The zero-order chi connectivity index (χ0) is 14.8. The minimum Gasteiger partial charge on any atom is -0.390 e. The number of aliphatic hydroxyl groups is 1. The Morgan fingerprint density at radius 1 is 1.45 bits per heavy atom. The number of amides is 2. The SMILES string of the molecule is NC(=O)N1CCC[CH]C(O)C1S(=O)(=O)c1ccccn1. The summed E-state index contributed by atoms with van der Waals surface area (Å²) in [5.41, 5.74) is 5.24. The van der Waals surface area contributed by atoms with Crippen LogP contribution in [0.15, 0.2) is 29.4 Å². The number of hydrogen-bond donors (Lipinski definition) is 2. The van der Waals surface area contributed by atoms with E-state index in [1.165, 1.54) is 24.8 Å². The van der Waals surface area contributed by atoms with Gasteiger partial charge in [0.15, 0.2) is 10.4 Å². The lowest BCUT2D eigenvalue weighted by Gasteiger charge is -2.30. The molecule has 8 heteroatoms. The van der Waals surface area contributed by atoms with Crippen molar-refractivity contribution in [3.63, 3.8) is 0 Å². The van der Waals surface area contributed by atoms with E-state index < -0.39 is 27.3 Å². The van der Waals surface area contributed by atoms with Crippen LogP contribution in [0, 0.1) is 6.42 Å². The first-order valence-electron chi connectivity index (χ1n) is 6.17. The molecule has 3 N–H and O–H groups in total. The van der Waals surface area contributed by atoms with Crippen LogP contribution in [0.5, 0.6) is 0 Å². The number of aromatic nitrogens is 1. The molecule has 2 unspecified atom stereocenters. The van der Waals surface area contributed by atoms with E-state index in [9.17, 15) is 18.3 Å². The van der Waals surface area contributed by atoms with Crippen molar-refractivity contribution in [3.8, 4) is 0 Å². The Morgan fingerprint density at radius 3 is 2.80 bits per heavy atom. The Labute approximate surface area is 117 Å². The molecule has 2 amide bonds. The third-order valence-corrected chi connectivity index (χ3v) is 5.13. The number of rotatable bonds is 2. The number of urea groups is 1. The van der Waals surface area contributed by atoms with Crippen molar-refractivity contribution in [2.24, 2.45) is 5.73 Å². The standard InChI is InChI=1S/C12H16N3O4S/c13-12(17)15-8-4-2-5-9(16)11(15)20(18,19)10-6-1-3-7-14-10/h1,3,5-7,9,11,16H,2,4,8H2,(H2,13,17). The summed E-state index contributed by atoms with van der Waals surface area (Å²) in [5.74, 6) is 0. The van der Waals surface area contributed by atoms with Crippen LogP contribution in [0.1, 0.15) is 12.8 Å². The smallest absolute Gasteiger partial charge is 0.315 e. The van der Waals surface area contributed by atoms with Gasteiger partial charge in [0.2, 0.25) is 9.84 Å². The van der Waals surface area contributed by atoms with Gasteiger partial charge in [0.1, 0.15) is 0 Å². The molecule has 2 rings (SSSR count). The maximum absolute atomic E-state index is 12.6. The topological polar surface area (TPSA) is 114 Å². The largest absolute Gasteiger partial charge is 0.390 e. The van der Waals surface area contributed by atoms with Gasteiger partial charge in [-0.2, -0.15) is 0 Å². The van der Waals surface area contributed by atoms with Gasteiger partial charge in [-0.15, -0.1) is 0 Å². The monoisotopic (exact) mass is 298 g/mol. The fourth-order valence-electron chi connectivity index (χ4n) is 2.20. The highest BCUT2D eigenvalue weighted by Gasteiger charge is 2.42. The third kappa shape index (κ3) is 2.75. The zero-order valence-electron chi connectivity index (χ0n) is 10.7. The van der Waals surface area contributed by atoms with E-state index in [-0.39, 0.29) is 11.6 Å². The number of primary amides is 1. The van der Waals surface area contributed by atoms with E-state index in [1.54, 1.807) is 6.07 Å². The number of pyridine rings is 1. The highest BCUT2D eigenvalue weighted by molar-refractivity contribution is 7.92. The minimum absolute atomic E-state index is 0.180. The summed E-state index contributed by atoms with van der Waals surface area (Å²) in [4.78, 5) is 16.3. The molecule has 0 aliphatic carbocycles. The molecular formula is C12H16N3O4S. The molecule has 20 heavy (non-hydrogen) atoms. The summed E-state index contributed by atoms with van der Waals surface area (Å²) in [5, 5.41) is 8.43. The van der Waals surface area contributed by atoms with Crippen LogP contribution in [0.25, 0.3) is 0 Å². The average Bonchev–Trinajstić information content (AvgIpc) is 2.62. The van der Waals surface area contributed by atoms with Gasteiger partial charge in [-0.05, 0) is 31.4 Å². The molecule has 1 aliphatic rings. The van der Waals surface area contributed by atoms with Crippen molar-refractivity contribution in [2.45, 2.75) is 29.3 Å². The second kappa shape index (κ2) is 5.76. The molecule has 1 radical (unpaired) electrons. The zero-order valence-corrected chi connectivity index (χ0v) is 11.5. The fourth-order valence-corrected chi connectivity index (χ4v) is 3.95. The van der Waals surface area contributed by atoms with Crippen LogP contribution in [0.2, 0.25) is 0 Å². The highest BCUT2D eigenvalue weighted by atomic mass is 32.2. The molecule has 1 aromatic rings. The summed E-state index contributed by atoms with van der Waals surface area (Å²) in [7, 11) is -4.00. The lowest BCUT2D eigenvalue weighted by molar-refractivity contribution is 0.133. The molecule has 2 atom stereocenters. The van der Waals surface area contributed by atoms with Crippen LogP contribution in [0.3, 0.4) is 0 Å². The van der Waals surface area contributed by atoms with Crippen LogP contribution < -0.4 is 5.73 Å². The second-order valence-electron chi connectivity index (χ2n) is 4.50. The Balaban J connectivity index is 2.47. The molecule has 0 aromatic carbocycles. The Kier molecular flexibility index (Phi) is 4.24. The number of aliphatic hydroxyl groups excluding tert-OH is 1. The summed E-state index contributed by atoms with van der Waals surface area (Å²) >= 11 is 0. The van der Waals surface area contributed by atoms with Crippen LogP contribution in [-0.4, -0.2) is 47.5 Å². The van der Waals surface area contributed by atoms with Gasteiger partial charge in [0, 0.05) is 12.7 Å². The van der Waals surface area contributed by atoms with Gasteiger partial charge in [0.05, 0.1) is 6.10 Å². The molecule has 1 aromatic heterocycles. The quantitative estimate of drug-likeness (QED) is 0.792. The number of likely N-dealkylation sites (tertiary alicyclic amines) is 1. The van der Waals surface area contributed by atoms with Crippen molar-refractivity contribution in [1.82, 2.24) is 9.88 Å². The van der Waals surface area contributed by atoms with E-state index in [2.05, 4.69) is 4.98 Å². The van der Waals surface area contributed by atoms with Gasteiger partial charge in [-0.1, -0.05) is 6.07 Å². The van der Waals surface area contributed by atoms with Gasteiger partial charge < -0.3 is 15.7 Å². The van der Waals surface area contributed by atoms with Crippen molar-refractivity contribution in [2.75, 3.05) is 6.54 Å². The second-order valence-corrected chi connectivity index (χ2v) is 6.49. The number of hydrogen-bond acceptors (Lipinski definition) is 5. The molecule has 7 nitrogen and oxygen atoms in total. The number of nitrogens with zero attached hydrogens (tertiary/aromatic N) is 2. The highest BCUT2D eigenvalue weighted by Crippen LogP contribution is 2.25. The van der Waals surface area contributed by atoms with Crippen LogP contribution >= 0.6 is 0 Å². The van der Waals surface area contributed by atoms with Crippen LogP contribution in [-0.2, 0) is 9.84 Å². The molecule has 1 saturated heterocycles. The Hall–Kier alpha value is -1.67. The lowest BCUT2D eigenvalue weighted by atomic mass is 10.2. The number of carbonyl (C=O) groups is 1. The number of nitrogens with two attached hydrogens (primary N) is 1. The van der Waals surface area contributed by atoms with Gasteiger partial charge in [-0.25, -0.2) is 18.2 Å². The number of carbonyl (C=O) groups excluding carboxylic acids is 1. The summed E-state index contributed by atoms with van der Waals surface area (Å²) in [6.07, 6.45) is 2.59. The predicted octanol–water partition coefficient (Wildman–Crippen LogP) is -0.0789. The maximum Gasteiger partial charge on any atom is 0.315 e. The third-order valence-electron chi connectivity index (χ3n) is 3.14. The molecule has 2 heterocycles. The first-order valence-corrected chi connectivity index (χ1v) is 7.71. The molecular weight excluding hydrogens is 282 g/mol. The van der Waals surface area contributed by atoms with Crippen molar-refractivity contribution in [3.05, 3.63) is 30.8 Å². The Bertz CT molecular complexity index is 576. The van der Waals surface area contributed by atoms with Gasteiger partial charge in [0.25, 0.3) is 0 Å². The molecule has 0 spiro atoms. The normalized spacial score (nSPS) is 24.1. The van der Waals surface area contributed by atoms with Crippen LogP contribution in [0.4, 0.5) is 4.79 Å². The summed E-state index contributed by atoms with van der Waals surface area (Å²) in [6.45, 7) is 0.180. The fraction of sp³-hybridized carbons (Fsp3) is 0.417. The molecule has 0 bridgehead atoms. The summed E-state index contributed by atoms with van der Waals surface area (Å²) < 4.78 is 25.1. The lowest BCUT2D eigenvalue weighted by Crippen LogP contribution is -2.52. The van der Waals surface area contributed by atoms with E-state index in [0.717, 1.165) is 4.90 Å². The molecule has 1 aliphatic heterocycles. The van der Waals surface area contributed by atoms with Crippen molar-refractivity contribution < 1.29 is 18.3 Å². The first kappa shape index (κ1) is 14.7.